The lowest BCUT2D eigenvalue weighted by Crippen LogP contribution is -2.18. The van der Waals surface area contributed by atoms with E-state index in [2.05, 4.69) is 32.4 Å². The molecule has 1 aliphatic rings. The monoisotopic (exact) mass is 407 g/mol. The summed E-state index contributed by atoms with van der Waals surface area (Å²) in [6, 6.07) is 13.9. The predicted octanol–water partition coefficient (Wildman–Crippen LogP) is 5.42. The number of nitrogens with one attached hydrogen (secondary N) is 1. The van der Waals surface area contributed by atoms with Crippen LogP contribution in [-0.4, -0.2) is 25.9 Å². The van der Waals surface area contributed by atoms with Crippen molar-refractivity contribution in [3.8, 4) is 17.1 Å². The molecule has 7 heteroatoms. The molecule has 1 atom stereocenters. The van der Waals surface area contributed by atoms with Crippen molar-refractivity contribution in [1.82, 2.24) is 20.2 Å². The number of ether oxygens (including phenoxy) is 1. The summed E-state index contributed by atoms with van der Waals surface area (Å²) >= 11 is 1.63. The maximum absolute atomic E-state index is 6.27. The summed E-state index contributed by atoms with van der Waals surface area (Å²) in [4.78, 5) is 9.32. The normalized spacial score (nSPS) is 14.9. The van der Waals surface area contributed by atoms with Gasteiger partial charge in [-0.3, -0.25) is 4.98 Å². The summed E-state index contributed by atoms with van der Waals surface area (Å²) in [5.41, 5.74) is 4.25. The Morgan fingerprint density at radius 2 is 1.90 bits per heavy atom. The molecule has 1 unspecified atom stereocenters. The Bertz CT molecular complexity index is 981. The lowest BCUT2D eigenvalue weighted by atomic mass is 10.1. The number of pyridine rings is 1. The molecule has 2 aromatic heterocycles. The van der Waals surface area contributed by atoms with Gasteiger partial charge in [-0.2, -0.15) is 4.98 Å². The lowest BCUT2D eigenvalue weighted by molar-refractivity contribution is 0.220. The first-order valence-electron chi connectivity index (χ1n) is 10.1. The van der Waals surface area contributed by atoms with Crippen LogP contribution >= 0.6 is 11.8 Å². The van der Waals surface area contributed by atoms with Crippen LogP contribution < -0.4 is 10.1 Å². The van der Waals surface area contributed by atoms with Gasteiger partial charge in [-0.15, -0.1) is 10.2 Å². The van der Waals surface area contributed by atoms with Gasteiger partial charge >= 0.3 is 0 Å². The van der Waals surface area contributed by atoms with Crippen molar-refractivity contribution in [2.24, 2.45) is 0 Å². The number of unbranched alkanes of at least 4 members (excludes halogenated alkanes) is 3. The van der Waals surface area contributed by atoms with Crippen LogP contribution in [0.3, 0.4) is 0 Å². The second-order valence-electron chi connectivity index (χ2n) is 7.05. The lowest BCUT2D eigenvalue weighted by Gasteiger charge is -2.18. The summed E-state index contributed by atoms with van der Waals surface area (Å²) in [5.74, 6) is 1.47. The van der Waals surface area contributed by atoms with E-state index >= 15 is 0 Å². The van der Waals surface area contributed by atoms with Crippen LogP contribution in [0.5, 0.6) is 5.88 Å². The largest absolute Gasteiger partial charge is 0.446 e. The SMILES string of the molecule is CCCCCCSc1nnc2c(n1)OC(c1cccc(C)n1)Nc1ccccc1-2. The number of rotatable bonds is 7. The highest BCUT2D eigenvalue weighted by Crippen LogP contribution is 2.39. The first-order valence-corrected chi connectivity index (χ1v) is 11.1. The molecule has 0 amide bonds. The number of benzene rings is 1. The third-order valence-electron chi connectivity index (χ3n) is 4.74. The van der Waals surface area contributed by atoms with Gasteiger partial charge in [0.2, 0.25) is 17.3 Å². The Balaban J connectivity index is 1.63. The maximum Gasteiger partial charge on any atom is 0.247 e. The number of aromatic nitrogens is 4. The Labute approximate surface area is 175 Å². The van der Waals surface area contributed by atoms with Crippen molar-refractivity contribution in [3.05, 3.63) is 53.9 Å². The van der Waals surface area contributed by atoms with Crippen LogP contribution in [0.4, 0.5) is 5.69 Å². The van der Waals surface area contributed by atoms with E-state index in [1.165, 1.54) is 19.3 Å². The fourth-order valence-electron chi connectivity index (χ4n) is 3.24. The zero-order valence-corrected chi connectivity index (χ0v) is 17.6. The van der Waals surface area contributed by atoms with Gasteiger partial charge in [-0.1, -0.05) is 62.2 Å². The summed E-state index contributed by atoms with van der Waals surface area (Å²) in [6.45, 7) is 4.19. The van der Waals surface area contributed by atoms with E-state index < -0.39 is 6.23 Å². The molecule has 0 fully saturated rings. The van der Waals surface area contributed by atoms with Crippen molar-refractivity contribution in [3.63, 3.8) is 0 Å². The second-order valence-corrected chi connectivity index (χ2v) is 8.11. The fraction of sp³-hybridized carbons (Fsp3) is 0.364. The molecule has 4 rings (SSSR count). The number of hydrogen-bond acceptors (Lipinski definition) is 7. The molecule has 6 nitrogen and oxygen atoms in total. The Morgan fingerprint density at radius 1 is 1.00 bits per heavy atom. The third kappa shape index (κ3) is 4.67. The number of anilines is 1. The molecule has 0 radical (unpaired) electrons. The van der Waals surface area contributed by atoms with Crippen LogP contribution in [0.1, 0.15) is 50.2 Å². The molecule has 29 heavy (non-hydrogen) atoms. The number of para-hydroxylation sites is 1. The Hall–Kier alpha value is -2.67. The topological polar surface area (TPSA) is 72.8 Å². The molecule has 0 saturated heterocycles. The molecular formula is C22H25N5OS. The van der Waals surface area contributed by atoms with Gasteiger partial charge in [0.15, 0.2) is 5.69 Å². The standard InChI is InChI=1S/C22H25N5OS/c1-3-4-5-8-14-29-22-25-21-19(26-27-22)16-11-6-7-12-17(16)24-20(28-21)18-13-9-10-15(2)23-18/h6-7,9-13,20,24H,3-5,8,14H2,1-2H3. The van der Waals surface area contributed by atoms with Crippen LogP contribution in [-0.2, 0) is 0 Å². The zero-order chi connectivity index (χ0) is 20.1. The molecular weight excluding hydrogens is 382 g/mol. The minimum absolute atomic E-state index is 0.448. The van der Waals surface area contributed by atoms with Crippen LogP contribution in [0.25, 0.3) is 11.3 Å². The van der Waals surface area contributed by atoms with Gasteiger partial charge in [0.05, 0.1) is 0 Å². The van der Waals surface area contributed by atoms with Gasteiger partial charge in [0.25, 0.3) is 0 Å². The van der Waals surface area contributed by atoms with Crippen LogP contribution in [0.2, 0.25) is 0 Å². The van der Waals surface area contributed by atoms with E-state index in [0.29, 0.717) is 16.7 Å². The average molecular weight is 408 g/mol. The number of hydrogen-bond donors (Lipinski definition) is 1. The second kappa shape index (κ2) is 9.22. The van der Waals surface area contributed by atoms with Crippen molar-refractivity contribution < 1.29 is 4.74 Å². The fourth-order valence-corrected chi connectivity index (χ4v) is 4.02. The van der Waals surface area contributed by atoms with E-state index in [0.717, 1.165) is 34.8 Å². The van der Waals surface area contributed by atoms with Gasteiger partial charge in [-0.05, 0) is 31.5 Å². The number of thioether (sulfide) groups is 1. The van der Waals surface area contributed by atoms with E-state index in [1.54, 1.807) is 11.8 Å². The van der Waals surface area contributed by atoms with Crippen molar-refractivity contribution >= 4 is 17.4 Å². The van der Waals surface area contributed by atoms with Gasteiger partial charge in [0, 0.05) is 22.7 Å². The van der Waals surface area contributed by atoms with E-state index in [9.17, 15) is 0 Å². The number of fused-ring (bicyclic) bond motifs is 3. The molecule has 0 aliphatic carbocycles. The minimum Gasteiger partial charge on any atom is -0.446 e. The van der Waals surface area contributed by atoms with Crippen LogP contribution in [0.15, 0.2) is 47.6 Å². The smallest absolute Gasteiger partial charge is 0.247 e. The highest BCUT2D eigenvalue weighted by atomic mass is 32.2. The van der Waals surface area contributed by atoms with E-state index in [1.807, 2.05) is 49.4 Å². The van der Waals surface area contributed by atoms with E-state index in [4.69, 9.17) is 4.74 Å². The molecule has 0 spiro atoms. The number of aryl methyl sites for hydroxylation is 1. The van der Waals surface area contributed by atoms with E-state index in [-0.39, 0.29) is 0 Å². The Kier molecular flexibility index (Phi) is 6.24. The summed E-state index contributed by atoms with van der Waals surface area (Å²) in [6.07, 6.45) is 4.43. The molecule has 3 heterocycles. The average Bonchev–Trinajstić information content (AvgIpc) is 2.90. The van der Waals surface area contributed by atoms with Gasteiger partial charge in [0.1, 0.15) is 5.69 Å². The maximum atomic E-state index is 6.27. The summed E-state index contributed by atoms with van der Waals surface area (Å²) < 4.78 is 6.27. The van der Waals surface area contributed by atoms with Crippen molar-refractivity contribution in [1.29, 1.82) is 0 Å². The Morgan fingerprint density at radius 3 is 2.76 bits per heavy atom. The highest BCUT2D eigenvalue weighted by molar-refractivity contribution is 7.99. The first-order chi connectivity index (χ1) is 14.2. The molecule has 0 saturated carbocycles. The molecule has 1 N–H and O–H groups in total. The third-order valence-corrected chi connectivity index (χ3v) is 5.67. The van der Waals surface area contributed by atoms with Gasteiger partial charge < -0.3 is 10.1 Å². The predicted molar refractivity (Wildman–Crippen MR) is 116 cm³/mol. The van der Waals surface area contributed by atoms with Gasteiger partial charge in [-0.25, -0.2) is 0 Å². The van der Waals surface area contributed by atoms with Crippen molar-refractivity contribution in [2.75, 3.05) is 11.1 Å². The number of nitrogens with zero attached hydrogens (tertiary/aromatic N) is 4. The summed E-state index contributed by atoms with van der Waals surface area (Å²) in [5, 5.41) is 12.9. The summed E-state index contributed by atoms with van der Waals surface area (Å²) in [7, 11) is 0. The molecule has 150 valence electrons. The highest BCUT2D eigenvalue weighted by Gasteiger charge is 2.26. The quantitative estimate of drug-likeness (QED) is 0.414. The molecule has 3 aromatic rings. The van der Waals surface area contributed by atoms with Crippen molar-refractivity contribution in [2.45, 2.75) is 50.9 Å². The zero-order valence-electron chi connectivity index (χ0n) is 16.8. The molecule has 1 aromatic carbocycles. The molecule has 0 bridgehead atoms. The van der Waals surface area contributed by atoms with Crippen LogP contribution in [0, 0.1) is 6.92 Å². The minimum atomic E-state index is -0.448. The first kappa shape index (κ1) is 19.6. The molecule has 1 aliphatic heterocycles.